The Morgan fingerprint density at radius 3 is 2.64 bits per heavy atom. The van der Waals surface area contributed by atoms with Crippen LogP contribution in [-0.4, -0.2) is 35.4 Å². The van der Waals surface area contributed by atoms with Gasteiger partial charge in [0.25, 0.3) is 0 Å². The first-order valence-corrected chi connectivity index (χ1v) is 9.40. The summed E-state index contributed by atoms with van der Waals surface area (Å²) in [5.41, 5.74) is -0.0587. The molecule has 0 unspecified atom stereocenters. The third-order valence-corrected chi connectivity index (χ3v) is 6.08. The summed E-state index contributed by atoms with van der Waals surface area (Å²) in [5, 5.41) is 6.77. The quantitative estimate of drug-likeness (QED) is 0.927. The molecule has 2 atom stereocenters. The molecule has 1 saturated heterocycles. The SMILES string of the molecule is C[C@@H]1C[C@H](C)CN(C(=O)CNC2(c3nccs3)CCCC2)C1. The van der Waals surface area contributed by atoms with Gasteiger partial charge in [-0.1, -0.05) is 26.7 Å². The highest BCUT2D eigenvalue weighted by molar-refractivity contribution is 7.09. The maximum absolute atomic E-state index is 12.6. The van der Waals surface area contributed by atoms with Crippen molar-refractivity contribution in [3.63, 3.8) is 0 Å². The van der Waals surface area contributed by atoms with E-state index in [0.717, 1.165) is 30.9 Å². The van der Waals surface area contributed by atoms with Gasteiger partial charge in [-0.15, -0.1) is 11.3 Å². The van der Waals surface area contributed by atoms with Crippen molar-refractivity contribution >= 4 is 17.2 Å². The van der Waals surface area contributed by atoms with E-state index < -0.39 is 0 Å². The maximum Gasteiger partial charge on any atom is 0.236 e. The van der Waals surface area contributed by atoms with Crippen LogP contribution in [0, 0.1) is 11.8 Å². The van der Waals surface area contributed by atoms with Crippen LogP contribution in [0.25, 0.3) is 0 Å². The van der Waals surface area contributed by atoms with Crippen LogP contribution >= 0.6 is 11.3 Å². The first kappa shape index (κ1) is 15.9. The lowest BCUT2D eigenvalue weighted by Crippen LogP contribution is -2.50. The van der Waals surface area contributed by atoms with Gasteiger partial charge in [-0.3, -0.25) is 10.1 Å². The summed E-state index contributed by atoms with van der Waals surface area (Å²) in [4.78, 5) is 19.2. The molecule has 2 heterocycles. The highest BCUT2D eigenvalue weighted by Gasteiger charge is 2.38. The normalized spacial score (nSPS) is 28.0. The Balaban J connectivity index is 1.62. The fourth-order valence-corrected chi connectivity index (χ4v) is 5.00. The van der Waals surface area contributed by atoms with E-state index in [1.54, 1.807) is 11.3 Å². The second kappa shape index (κ2) is 6.67. The molecular formula is C17H27N3OS. The Morgan fingerprint density at radius 1 is 1.36 bits per heavy atom. The van der Waals surface area contributed by atoms with Crippen molar-refractivity contribution in [1.82, 2.24) is 15.2 Å². The van der Waals surface area contributed by atoms with E-state index in [-0.39, 0.29) is 11.4 Å². The number of nitrogens with zero attached hydrogens (tertiary/aromatic N) is 2. The second-order valence-electron chi connectivity index (χ2n) is 7.22. The molecule has 0 aromatic carbocycles. The fourth-order valence-electron chi connectivity index (χ4n) is 4.13. The molecule has 5 heteroatoms. The van der Waals surface area contributed by atoms with Crippen LogP contribution in [0.5, 0.6) is 0 Å². The van der Waals surface area contributed by atoms with Gasteiger partial charge in [-0.2, -0.15) is 0 Å². The lowest BCUT2D eigenvalue weighted by atomic mass is 9.92. The molecular weight excluding hydrogens is 294 g/mol. The Morgan fingerprint density at radius 2 is 2.05 bits per heavy atom. The standard InChI is InChI=1S/C17H27N3OS/c1-13-9-14(2)12-20(11-13)15(21)10-19-17(5-3-4-6-17)16-18-7-8-22-16/h7-8,13-14,19H,3-6,9-12H2,1-2H3/t13-,14+. The van der Waals surface area contributed by atoms with Gasteiger partial charge in [0.05, 0.1) is 12.1 Å². The van der Waals surface area contributed by atoms with Crippen molar-refractivity contribution in [1.29, 1.82) is 0 Å². The molecule has 0 radical (unpaired) electrons. The zero-order chi connectivity index (χ0) is 15.6. The molecule has 1 aromatic heterocycles. The number of hydrogen-bond acceptors (Lipinski definition) is 4. The van der Waals surface area contributed by atoms with Crippen LogP contribution < -0.4 is 5.32 Å². The first-order valence-electron chi connectivity index (χ1n) is 8.52. The van der Waals surface area contributed by atoms with Crippen molar-refractivity contribution in [2.24, 2.45) is 11.8 Å². The molecule has 1 aliphatic carbocycles. The van der Waals surface area contributed by atoms with Crippen LogP contribution in [0.4, 0.5) is 0 Å². The lowest BCUT2D eigenvalue weighted by Gasteiger charge is -2.36. The van der Waals surface area contributed by atoms with Crippen LogP contribution in [0.3, 0.4) is 0 Å². The molecule has 2 fully saturated rings. The van der Waals surface area contributed by atoms with Crippen molar-refractivity contribution in [3.05, 3.63) is 16.6 Å². The monoisotopic (exact) mass is 321 g/mol. The Kier molecular flexibility index (Phi) is 4.83. The second-order valence-corrected chi connectivity index (χ2v) is 8.12. The highest BCUT2D eigenvalue weighted by Crippen LogP contribution is 2.39. The smallest absolute Gasteiger partial charge is 0.236 e. The third-order valence-electron chi connectivity index (χ3n) is 5.10. The average Bonchev–Trinajstić information content (AvgIpc) is 3.15. The molecule has 0 spiro atoms. The summed E-state index contributed by atoms with van der Waals surface area (Å²) in [7, 11) is 0. The molecule has 22 heavy (non-hydrogen) atoms. The van der Waals surface area contributed by atoms with Crippen LogP contribution in [0.15, 0.2) is 11.6 Å². The molecule has 1 aliphatic heterocycles. The maximum atomic E-state index is 12.6. The minimum Gasteiger partial charge on any atom is -0.341 e. The van der Waals surface area contributed by atoms with E-state index in [0.29, 0.717) is 18.4 Å². The number of nitrogens with one attached hydrogen (secondary N) is 1. The Labute approximate surface area is 137 Å². The summed E-state index contributed by atoms with van der Waals surface area (Å²) in [6, 6.07) is 0. The van der Waals surface area contributed by atoms with Crippen molar-refractivity contribution in [2.45, 2.75) is 51.5 Å². The van der Waals surface area contributed by atoms with Crippen molar-refractivity contribution in [3.8, 4) is 0 Å². The number of hydrogen-bond donors (Lipinski definition) is 1. The summed E-state index contributed by atoms with van der Waals surface area (Å²) < 4.78 is 0. The number of amides is 1. The molecule has 3 rings (SSSR count). The number of carbonyl (C=O) groups excluding carboxylic acids is 1. The predicted molar refractivity (Wildman–Crippen MR) is 89.8 cm³/mol. The van der Waals surface area contributed by atoms with Gasteiger partial charge in [0.1, 0.15) is 5.01 Å². The fraction of sp³-hybridized carbons (Fsp3) is 0.765. The van der Waals surface area contributed by atoms with Gasteiger partial charge in [-0.05, 0) is 31.1 Å². The van der Waals surface area contributed by atoms with E-state index in [4.69, 9.17) is 0 Å². The zero-order valence-electron chi connectivity index (χ0n) is 13.7. The molecule has 2 aliphatic rings. The number of thiazole rings is 1. The number of aromatic nitrogens is 1. The van der Waals surface area contributed by atoms with Gasteiger partial charge >= 0.3 is 0 Å². The van der Waals surface area contributed by atoms with E-state index in [9.17, 15) is 4.79 Å². The van der Waals surface area contributed by atoms with Gasteiger partial charge in [0.15, 0.2) is 0 Å². The van der Waals surface area contributed by atoms with E-state index in [1.807, 2.05) is 11.6 Å². The predicted octanol–water partition coefficient (Wildman–Crippen LogP) is 3.01. The molecule has 1 amide bonds. The van der Waals surface area contributed by atoms with Crippen molar-refractivity contribution in [2.75, 3.05) is 19.6 Å². The van der Waals surface area contributed by atoms with Crippen LogP contribution in [0.1, 0.15) is 51.0 Å². The van der Waals surface area contributed by atoms with E-state index in [2.05, 4.69) is 29.0 Å². The molecule has 1 N–H and O–H groups in total. The topological polar surface area (TPSA) is 45.2 Å². The lowest BCUT2D eigenvalue weighted by molar-refractivity contribution is -0.133. The summed E-state index contributed by atoms with van der Waals surface area (Å²) in [6.07, 6.45) is 7.75. The largest absolute Gasteiger partial charge is 0.341 e. The van der Waals surface area contributed by atoms with Gasteiger partial charge in [0, 0.05) is 24.7 Å². The van der Waals surface area contributed by atoms with Gasteiger partial charge in [0.2, 0.25) is 5.91 Å². The minimum absolute atomic E-state index is 0.0587. The molecule has 4 nitrogen and oxygen atoms in total. The van der Waals surface area contributed by atoms with E-state index >= 15 is 0 Å². The third kappa shape index (κ3) is 3.35. The molecule has 0 bridgehead atoms. The Bertz CT molecular complexity index is 486. The number of carbonyl (C=O) groups is 1. The molecule has 1 saturated carbocycles. The van der Waals surface area contributed by atoms with Gasteiger partial charge < -0.3 is 4.90 Å². The zero-order valence-corrected chi connectivity index (χ0v) is 14.5. The van der Waals surface area contributed by atoms with E-state index in [1.165, 1.54) is 19.3 Å². The van der Waals surface area contributed by atoms with Crippen LogP contribution in [0.2, 0.25) is 0 Å². The number of likely N-dealkylation sites (tertiary alicyclic amines) is 1. The average molecular weight is 321 g/mol. The van der Waals surface area contributed by atoms with Crippen molar-refractivity contribution < 1.29 is 4.79 Å². The highest BCUT2D eigenvalue weighted by atomic mass is 32.1. The molecule has 122 valence electrons. The number of rotatable bonds is 4. The van der Waals surface area contributed by atoms with Gasteiger partial charge in [-0.25, -0.2) is 4.98 Å². The Hall–Kier alpha value is -0.940. The first-order chi connectivity index (χ1) is 10.6. The van der Waals surface area contributed by atoms with Crippen LogP contribution in [-0.2, 0) is 10.3 Å². The summed E-state index contributed by atoms with van der Waals surface area (Å²) in [6.45, 7) is 6.76. The number of piperidine rings is 1. The summed E-state index contributed by atoms with van der Waals surface area (Å²) in [5.74, 6) is 1.49. The molecule has 1 aromatic rings. The minimum atomic E-state index is -0.0587. The summed E-state index contributed by atoms with van der Waals surface area (Å²) >= 11 is 1.71.